The van der Waals surface area contributed by atoms with Gasteiger partial charge in [-0.2, -0.15) is 0 Å². The predicted molar refractivity (Wildman–Crippen MR) is 106 cm³/mol. The fourth-order valence-corrected chi connectivity index (χ4v) is 3.13. The summed E-state index contributed by atoms with van der Waals surface area (Å²) in [5.41, 5.74) is 2.71. The number of oxime groups is 1. The second-order valence-corrected chi connectivity index (χ2v) is 7.20. The van der Waals surface area contributed by atoms with Crippen LogP contribution in [-0.2, 0) is 16.2 Å². The number of rotatable bonds is 7. The van der Waals surface area contributed by atoms with Gasteiger partial charge in [0, 0.05) is 18.9 Å². The number of carbonyl (C=O) groups is 1. The minimum absolute atomic E-state index is 0.0332. The van der Waals surface area contributed by atoms with Crippen molar-refractivity contribution in [3.63, 3.8) is 0 Å². The third-order valence-corrected chi connectivity index (χ3v) is 4.67. The molecule has 1 unspecified atom stereocenters. The molecule has 0 radical (unpaired) electrons. The third-order valence-electron chi connectivity index (χ3n) is 4.67. The van der Waals surface area contributed by atoms with Crippen LogP contribution in [0.4, 0.5) is 4.39 Å². The van der Waals surface area contributed by atoms with E-state index in [0.717, 1.165) is 22.6 Å². The standard InChI is InChI=1S/C22H25FN2O3/c1-15(2)22(26)25(13-16-4-8-18(23)9-5-16)14-20-12-21(24-28-20)17-6-10-19(27-3)11-7-17/h4-11,15,20H,12-14H2,1-3H3. The van der Waals surface area contributed by atoms with Gasteiger partial charge in [0.15, 0.2) is 6.10 Å². The summed E-state index contributed by atoms with van der Waals surface area (Å²) in [7, 11) is 1.63. The number of carbonyl (C=O) groups excluding carboxylic acids is 1. The predicted octanol–water partition coefficient (Wildman–Crippen LogP) is 4.01. The molecule has 0 spiro atoms. The first-order valence-electron chi connectivity index (χ1n) is 9.36. The highest BCUT2D eigenvalue weighted by Crippen LogP contribution is 2.21. The molecule has 148 valence electrons. The van der Waals surface area contributed by atoms with Gasteiger partial charge in [-0.3, -0.25) is 4.79 Å². The highest BCUT2D eigenvalue weighted by Gasteiger charge is 2.27. The summed E-state index contributed by atoms with van der Waals surface area (Å²) in [4.78, 5) is 20.0. The zero-order valence-electron chi connectivity index (χ0n) is 16.4. The Hall–Kier alpha value is -2.89. The van der Waals surface area contributed by atoms with E-state index in [1.165, 1.54) is 12.1 Å². The number of benzene rings is 2. The SMILES string of the molecule is COc1ccc(C2=NOC(CN(Cc3ccc(F)cc3)C(=O)C(C)C)C2)cc1. The quantitative estimate of drug-likeness (QED) is 0.725. The van der Waals surface area contributed by atoms with E-state index in [2.05, 4.69) is 5.16 Å². The van der Waals surface area contributed by atoms with E-state index in [9.17, 15) is 9.18 Å². The van der Waals surface area contributed by atoms with Crippen LogP contribution in [0.15, 0.2) is 53.7 Å². The Morgan fingerprint density at radius 3 is 2.50 bits per heavy atom. The smallest absolute Gasteiger partial charge is 0.225 e. The van der Waals surface area contributed by atoms with E-state index < -0.39 is 0 Å². The van der Waals surface area contributed by atoms with Gasteiger partial charge in [0.25, 0.3) is 0 Å². The maximum atomic E-state index is 13.2. The molecule has 2 aromatic rings. The van der Waals surface area contributed by atoms with Gasteiger partial charge in [-0.05, 0) is 47.5 Å². The molecule has 0 bridgehead atoms. The van der Waals surface area contributed by atoms with Crippen molar-refractivity contribution in [2.75, 3.05) is 13.7 Å². The molecule has 6 heteroatoms. The lowest BCUT2D eigenvalue weighted by Crippen LogP contribution is -2.39. The molecule has 0 saturated carbocycles. The lowest BCUT2D eigenvalue weighted by atomic mass is 10.0. The van der Waals surface area contributed by atoms with Gasteiger partial charge in [-0.15, -0.1) is 0 Å². The lowest BCUT2D eigenvalue weighted by molar-refractivity contribution is -0.136. The molecule has 0 fully saturated rings. The Bertz CT molecular complexity index is 832. The molecular formula is C22H25FN2O3. The summed E-state index contributed by atoms with van der Waals surface area (Å²) in [5.74, 6) is 0.393. The van der Waals surface area contributed by atoms with Crippen LogP contribution in [0, 0.1) is 11.7 Å². The number of nitrogens with zero attached hydrogens (tertiary/aromatic N) is 2. The van der Waals surface area contributed by atoms with Gasteiger partial charge < -0.3 is 14.5 Å². The fraction of sp³-hybridized carbons (Fsp3) is 0.364. The fourth-order valence-electron chi connectivity index (χ4n) is 3.13. The number of methoxy groups -OCH3 is 1. The number of ether oxygens (including phenoxy) is 1. The van der Waals surface area contributed by atoms with Gasteiger partial charge >= 0.3 is 0 Å². The minimum atomic E-state index is -0.290. The summed E-state index contributed by atoms with van der Waals surface area (Å²) in [6, 6.07) is 13.9. The van der Waals surface area contributed by atoms with Crippen molar-refractivity contribution in [2.45, 2.75) is 32.9 Å². The van der Waals surface area contributed by atoms with Crippen molar-refractivity contribution < 1.29 is 18.8 Å². The first kappa shape index (κ1) is 19.9. The first-order chi connectivity index (χ1) is 13.5. The summed E-state index contributed by atoms with van der Waals surface area (Å²) in [6.45, 7) is 4.58. The van der Waals surface area contributed by atoms with Crippen LogP contribution in [-0.4, -0.2) is 36.3 Å². The summed E-state index contributed by atoms with van der Waals surface area (Å²) < 4.78 is 18.3. The number of halogens is 1. The number of hydrogen-bond donors (Lipinski definition) is 0. The van der Waals surface area contributed by atoms with Crippen molar-refractivity contribution in [1.29, 1.82) is 0 Å². The maximum absolute atomic E-state index is 13.2. The highest BCUT2D eigenvalue weighted by molar-refractivity contribution is 6.01. The molecule has 0 aromatic heterocycles. The largest absolute Gasteiger partial charge is 0.497 e. The summed E-state index contributed by atoms with van der Waals surface area (Å²) in [5, 5.41) is 4.21. The Morgan fingerprint density at radius 1 is 1.21 bits per heavy atom. The Kier molecular flexibility index (Phi) is 6.29. The Balaban J connectivity index is 1.66. The number of amides is 1. The van der Waals surface area contributed by atoms with E-state index >= 15 is 0 Å². The van der Waals surface area contributed by atoms with Crippen molar-refractivity contribution in [1.82, 2.24) is 4.90 Å². The molecule has 1 heterocycles. The summed E-state index contributed by atoms with van der Waals surface area (Å²) >= 11 is 0. The van der Waals surface area contributed by atoms with Crippen molar-refractivity contribution in [2.24, 2.45) is 11.1 Å². The minimum Gasteiger partial charge on any atom is -0.497 e. The van der Waals surface area contributed by atoms with Crippen LogP contribution < -0.4 is 4.74 Å². The summed E-state index contributed by atoms with van der Waals surface area (Å²) in [6.07, 6.45) is 0.415. The van der Waals surface area contributed by atoms with Crippen LogP contribution in [0.2, 0.25) is 0 Å². The van der Waals surface area contributed by atoms with Gasteiger partial charge in [0.05, 0.1) is 19.4 Å². The Labute approximate surface area is 164 Å². The van der Waals surface area contributed by atoms with Gasteiger partial charge in [-0.25, -0.2) is 4.39 Å². The van der Waals surface area contributed by atoms with Crippen LogP contribution in [0.1, 0.15) is 31.4 Å². The lowest BCUT2D eigenvalue weighted by Gasteiger charge is -2.26. The van der Waals surface area contributed by atoms with Crippen molar-refractivity contribution in [3.05, 3.63) is 65.5 Å². The van der Waals surface area contributed by atoms with E-state index in [4.69, 9.17) is 9.57 Å². The molecule has 1 atom stereocenters. The van der Waals surface area contributed by atoms with Crippen LogP contribution in [0.5, 0.6) is 5.75 Å². The van der Waals surface area contributed by atoms with Crippen LogP contribution in [0.3, 0.4) is 0 Å². The zero-order chi connectivity index (χ0) is 20.1. The second-order valence-electron chi connectivity index (χ2n) is 7.20. The number of hydrogen-bond acceptors (Lipinski definition) is 4. The van der Waals surface area contributed by atoms with Crippen LogP contribution in [0.25, 0.3) is 0 Å². The van der Waals surface area contributed by atoms with Gasteiger partial charge in [0.1, 0.15) is 11.6 Å². The van der Waals surface area contributed by atoms with Crippen LogP contribution >= 0.6 is 0 Å². The zero-order valence-corrected chi connectivity index (χ0v) is 16.4. The second kappa shape index (κ2) is 8.87. The van der Waals surface area contributed by atoms with E-state index in [-0.39, 0.29) is 23.7 Å². The molecule has 2 aromatic carbocycles. The third kappa shape index (κ3) is 4.88. The topological polar surface area (TPSA) is 51.1 Å². The maximum Gasteiger partial charge on any atom is 0.225 e. The van der Waals surface area contributed by atoms with Crippen molar-refractivity contribution in [3.8, 4) is 5.75 Å². The average molecular weight is 384 g/mol. The normalized spacial score (nSPS) is 15.9. The molecule has 0 N–H and O–H groups in total. The molecule has 5 nitrogen and oxygen atoms in total. The molecule has 0 aliphatic carbocycles. The molecule has 0 saturated heterocycles. The Morgan fingerprint density at radius 2 is 1.89 bits per heavy atom. The molecule has 1 amide bonds. The monoisotopic (exact) mass is 384 g/mol. The molecule has 1 aliphatic rings. The average Bonchev–Trinajstić information content (AvgIpc) is 3.17. The molecular weight excluding hydrogens is 359 g/mol. The van der Waals surface area contributed by atoms with Gasteiger partial charge in [-0.1, -0.05) is 31.1 Å². The molecule has 3 rings (SSSR count). The van der Waals surface area contributed by atoms with Gasteiger partial charge in [0.2, 0.25) is 5.91 Å². The van der Waals surface area contributed by atoms with E-state index in [1.54, 1.807) is 24.1 Å². The first-order valence-corrected chi connectivity index (χ1v) is 9.36. The van der Waals surface area contributed by atoms with Crippen molar-refractivity contribution >= 4 is 11.6 Å². The molecule has 28 heavy (non-hydrogen) atoms. The highest BCUT2D eigenvalue weighted by atomic mass is 19.1. The molecule has 1 aliphatic heterocycles. The van der Waals surface area contributed by atoms with E-state index in [0.29, 0.717) is 19.5 Å². The van der Waals surface area contributed by atoms with E-state index in [1.807, 2.05) is 38.1 Å².